The molecule has 0 fully saturated rings. The molecule has 1 unspecified atom stereocenters. The maximum Gasteiger partial charge on any atom is 0.180 e. The van der Waals surface area contributed by atoms with Crippen molar-refractivity contribution in [3.63, 3.8) is 0 Å². The molecule has 0 spiro atoms. The highest BCUT2D eigenvalue weighted by Gasteiger charge is 2.18. The van der Waals surface area contributed by atoms with Crippen LogP contribution in [0.2, 0.25) is 0 Å². The Balaban J connectivity index is 1.96. The van der Waals surface area contributed by atoms with Crippen molar-refractivity contribution in [3.8, 4) is 0 Å². The summed E-state index contributed by atoms with van der Waals surface area (Å²) in [6.45, 7) is 2.22. The van der Waals surface area contributed by atoms with Gasteiger partial charge in [0.15, 0.2) is 5.78 Å². The van der Waals surface area contributed by atoms with Crippen LogP contribution >= 0.6 is 15.9 Å². The Morgan fingerprint density at radius 3 is 2.36 bits per heavy atom. The van der Waals surface area contributed by atoms with Crippen LogP contribution in [0.5, 0.6) is 0 Å². The summed E-state index contributed by atoms with van der Waals surface area (Å²) >= 11 is 3.49. The highest BCUT2D eigenvalue weighted by molar-refractivity contribution is 9.09. The minimum absolute atomic E-state index is 0.0868. The molecule has 0 saturated heterocycles. The number of alkyl halides is 1. The summed E-state index contributed by atoms with van der Waals surface area (Å²) in [6.07, 6.45) is 9.56. The number of unbranched alkanes of at least 4 members (excludes halogenated alkanes) is 3. The van der Waals surface area contributed by atoms with Gasteiger partial charge in [-0.15, -0.1) is 0 Å². The summed E-state index contributed by atoms with van der Waals surface area (Å²) in [4.78, 5) is 16.2. The molecule has 0 aliphatic heterocycles. The van der Waals surface area contributed by atoms with E-state index in [0.717, 1.165) is 17.5 Å². The first kappa shape index (κ1) is 16.9. The molecule has 0 bridgehead atoms. The van der Waals surface area contributed by atoms with Crippen molar-refractivity contribution in [2.75, 3.05) is 0 Å². The lowest BCUT2D eigenvalue weighted by Crippen LogP contribution is -2.07. The Morgan fingerprint density at radius 1 is 1.05 bits per heavy atom. The summed E-state index contributed by atoms with van der Waals surface area (Å²) in [5.41, 5.74) is 2.99. The number of ketones is 1. The number of halogens is 1. The average molecular weight is 360 g/mol. The number of aromatic nitrogens is 1. The molecule has 0 radical (unpaired) electrons. The third-order valence-corrected chi connectivity index (χ3v) is 4.73. The van der Waals surface area contributed by atoms with Gasteiger partial charge >= 0.3 is 0 Å². The van der Waals surface area contributed by atoms with E-state index < -0.39 is 0 Å². The van der Waals surface area contributed by atoms with E-state index in [1.165, 1.54) is 31.2 Å². The van der Waals surface area contributed by atoms with Gasteiger partial charge in [0.2, 0.25) is 0 Å². The Morgan fingerprint density at radius 2 is 1.73 bits per heavy atom. The SMILES string of the molecule is CCCCCCc1ccc(C(=O)C(Br)c2ccncc2)cc1. The van der Waals surface area contributed by atoms with Gasteiger partial charge in [-0.25, -0.2) is 0 Å². The normalized spacial score (nSPS) is 12.1. The molecule has 22 heavy (non-hydrogen) atoms. The van der Waals surface area contributed by atoms with E-state index >= 15 is 0 Å². The fourth-order valence-electron chi connectivity index (χ4n) is 2.42. The molecule has 116 valence electrons. The summed E-state index contributed by atoms with van der Waals surface area (Å²) in [5, 5.41) is 0. The number of nitrogens with zero attached hydrogens (tertiary/aromatic N) is 1. The molecule has 1 atom stereocenters. The van der Waals surface area contributed by atoms with E-state index in [-0.39, 0.29) is 10.6 Å². The van der Waals surface area contributed by atoms with Gasteiger partial charge in [-0.1, -0.05) is 66.4 Å². The number of hydrogen-bond acceptors (Lipinski definition) is 2. The van der Waals surface area contributed by atoms with Crippen LogP contribution in [0.4, 0.5) is 0 Å². The molecule has 0 aliphatic rings. The summed E-state index contributed by atoms with van der Waals surface area (Å²) < 4.78 is 0. The first-order chi connectivity index (χ1) is 10.7. The van der Waals surface area contributed by atoms with E-state index in [4.69, 9.17) is 0 Å². The lowest BCUT2D eigenvalue weighted by Gasteiger charge is -2.09. The highest BCUT2D eigenvalue weighted by atomic mass is 79.9. The molecule has 1 aromatic carbocycles. The van der Waals surface area contributed by atoms with Crippen LogP contribution < -0.4 is 0 Å². The van der Waals surface area contributed by atoms with Crippen molar-refractivity contribution in [1.82, 2.24) is 4.98 Å². The number of aryl methyl sites for hydroxylation is 1. The molecule has 0 aliphatic carbocycles. The van der Waals surface area contributed by atoms with E-state index in [1.807, 2.05) is 24.3 Å². The van der Waals surface area contributed by atoms with Crippen molar-refractivity contribution < 1.29 is 4.79 Å². The molecule has 0 N–H and O–H groups in total. The van der Waals surface area contributed by atoms with E-state index in [1.54, 1.807) is 12.4 Å². The first-order valence-electron chi connectivity index (χ1n) is 7.89. The second-order valence-electron chi connectivity index (χ2n) is 5.51. The quantitative estimate of drug-likeness (QED) is 0.352. The molecule has 2 nitrogen and oxygen atoms in total. The third kappa shape index (κ3) is 4.77. The minimum Gasteiger partial charge on any atom is -0.293 e. The van der Waals surface area contributed by atoms with E-state index in [2.05, 4.69) is 40.0 Å². The largest absolute Gasteiger partial charge is 0.293 e. The second-order valence-corrected chi connectivity index (χ2v) is 6.43. The molecular formula is C19H22BrNO. The Labute approximate surface area is 141 Å². The standard InChI is InChI=1S/C19H22BrNO/c1-2-3-4-5-6-15-7-9-17(10-8-15)19(22)18(20)16-11-13-21-14-12-16/h7-14,18H,2-6H2,1H3. The van der Waals surface area contributed by atoms with Gasteiger partial charge in [-0.2, -0.15) is 0 Å². The molecule has 1 aromatic heterocycles. The lowest BCUT2D eigenvalue weighted by molar-refractivity contribution is 0.0991. The number of pyridine rings is 1. The molecule has 0 amide bonds. The van der Waals surface area contributed by atoms with Crippen LogP contribution in [0.25, 0.3) is 0 Å². The Kier molecular flexibility index (Phi) is 6.78. The van der Waals surface area contributed by atoms with Gasteiger partial charge in [0.05, 0.1) is 0 Å². The lowest BCUT2D eigenvalue weighted by atomic mass is 10.0. The zero-order valence-electron chi connectivity index (χ0n) is 13.0. The number of hydrogen-bond donors (Lipinski definition) is 0. The smallest absolute Gasteiger partial charge is 0.180 e. The Hall–Kier alpha value is -1.48. The molecule has 2 rings (SSSR count). The molecular weight excluding hydrogens is 338 g/mol. The molecule has 3 heteroatoms. The van der Waals surface area contributed by atoms with Gasteiger partial charge in [0.25, 0.3) is 0 Å². The van der Waals surface area contributed by atoms with Gasteiger partial charge in [-0.3, -0.25) is 9.78 Å². The fraction of sp³-hybridized carbons (Fsp3) is 0.368. The van der Waals surface area contributed by atoms with Crippen LogP contribution in [0.15, 0.2) is 48.8 Å². The predicted octanol–water partition coefficient (Wildman–Crippen LogP) is 5.52. The van der Waals surface area contributed by atoms with Crippen LogP contribution in [0.3, 0.4) is 0 Å². The highest BCUT2D eigenvalue weighted by Crippen LogP contribution is 2.26. The van der Waals surface area contributed by atoms with Crippen LogP contribution in [0, 0.1) is 0 Å². The van der Waals surface area contributed by atoms with Crippen LogP contribution in [-0.4, -0.2) is 10.8 Å². The zero-order valence-corrected chi connectivity index (χ0v) is 14.6. The maximum atomic E-state index is 12.5. The summed E-state index contributed by atoms with van der Waals surface area (Å²) in [5.74, 6) is 0.0868. The fourth-order valence-corrected chi connectivity index (χ4v) is 2.99. The van der Waals surface area contributed by atoms with Crippen LogP contribution in [-0.2, 0) is 6.42 Å². The molecule has 2 aromatic rings. The first-order valence-corrected chi connectivity index (χ1v) is 8.81. The summed E-state index contributed by atoms with van der Waals surface area (Å²) in [6, 6.07) is 11.7. The monoisotopic (exact) mass is 359 g/mol. The zero-order chi connectivity index (χ0) is 15.8. The second kappa shape index (κ2) is 8.84. The molecule has 1 heterocycles. The van der Waals surface area contributed by atoms with Crippen molar-refractivity contribution >= 4 is 21.7 Å². The van der Waals surface area contributed by atoms with E-state index in [0.29, 0.717) is 0 Å². The van der Waals surface area contributed by atoms with Gasteiger partial charge < -0.3 is 0 Å². The van der Waals surface area contributed by atoms with Crippen molar-refractivity contribution in [3.05, 3.63) is 65.5 Å². The van der Waals surface area contributed by atoms with Crippen molar-refractivity contribution in [2.45, 2.75) is 43.9 Å². The number of carbonyl (C=O) groups is 1. The Bertz CT molecular complexity index is 580. The number of benzene rings is 1. The average Bonchev–Trinajstić information content (AvgIpc) is 2.59. The van der Waals surface area contributed by atoms with Crippen molar-refractivity contribution in [2.24, 2.45) is 0 Å². The topological polar surface area (TPSA) is 30.0 Å². The summed E-state index contributed by atoms with van der Waals surface area (Å²) in [7, 11) is 0. The number of Topliss-reactive ketones (excluding diaryl/α,β-unsaturated/α-hetero) is 1. The molecule has 0 saturated carbocycles. The van der Waals surface area contributed by atoms with E-state index in [9.17, 15) is 4.79 Å². The van der Waals surface area contributed by atoms with Gasteiger partial charge in [-0.05, 0) is 36.1 Å². The minimum atomic E-state index is -0.314. The van der Waals surface area contributed by atoms with Gasteiger partial charge in [0.1, 0.15) is 4.83 Å². The van der Waals surface area contributed by atoms with Crippen molar-refractivity contribution in [1.29, 1.82) is 0 Å². The predicted molar refractivity (Wildman–Crippen MR) is 94.5 cm³/mol. The van der Waals surface area contributed by atoms with Crippen LogP contribution in [0.1, 0.15) is 58.9 Å². The number of rotatable bonds is 8. The van der Waals surface area contributed by atoms with Gasteiger partial charge in [0, 0.05) is 18.0 Å². The maximum absolute atomic E-state index is 12.5. The number of carbonyl (C=O) groups excluding carboxylic acids is 1. The third-order valence-electron chi connectivity index (χ3n) is 3.79.